The molecule has 2 atom stereocenters. The second-order valence-corrected chi connectivity index (χ2v) is 3.74. The fraction of sp³-hybridized carbons (Fsp3) is 1.00. The van der Waals surface area contributed by atoms with Gasteiger partial charge in [0.25, 0.3) is 0 Å². The fourth-order valence-electron chi connectivity index (χ4n) is 1.30. The first-order valence-corrected chi connectivity index (χ1v) is 4.05. The Morgan fingerprint density at radius 3 is 2.56 bits per heavy atom. The molecule has 1 rings (SSSR count). The second-order valence-electron chi connectivity index (χ2n) is 3.12. The minimum atomic E-state index is -0.499. The van der Waals surface area contributed by atoms with E-state index >= 15 is 0 Å². The van der Waals surface area contributed by atoms with Crippen LogP contribution in [0.5, 0.6) is 0 Å². The molecule has 0 aromatic heterocycles. The van der Waals surface area contributed by atoms with Gasteiger partial charge < -0.3 is 5.11 Å². The van der Waals surface area contributed by atoms with Crippen LogP contribution in [0.4, 0.5) is 0 Å². The molecule has 1 aliphatic carbocycles. The summed E-state index contributed by atoms with van der Waals surface area (Å²) >= 11 is 4.29. The lowest BCUT2D eigenvalue weighted by atomic mass is 9.86. The van der Waals surface area contributed by atoms with Crippen LogP contribution in [-0.4, -0.2) is 16.0 Å². The zero-order valence-electron chi connectivity index (χ0n) is 5.80. The van der Waals surface area contributed by atoms with Gasteiger partial charge in [-0.25, -0.2) is 0 Å². The summed E-state index contributed by atoms with van der Waals surface area (Å²) in [6, 6.07) is 0. The predicted octanol–water partition coefficient (Wildman–Crippen LogP) is 1.61. The summed E-state index contributed by atoms with van der Waals surface area (Å²) in [5, 5.41) is 9.77. The molecule has 1 nitrogen and oxygen atoms in total. The van der Waals surface area contributed by atoms with Crippen molar-refractivity contribution in [2.45, 2.75) is 43.5 Å². The average Bonchev–Trinajstić information content (AvgIpc) is 1.77. The van der Waals surface area contributed by atoms with Crippen molar-refractivity contribution in [1.29, 1.82) is 0 Å². The third-order valence-electron chi connectivity index (χ3n) is 2.13. The van der Waals surface area contributed by atoms with Gasteiger partial charge in [0, 0.05) is 5.25 Å². The lowest BCUT2D eigenvalue weighted by molar-refractivity contribution is 0.0297. The first kappa shape index (κ1) is 7.42. The normalized spacial score (nSPS) is 45.0. The zero-order valence-corrected chi connectivity index (χ0v) is 6.69. The van der Waals surface area contributed by atoms with Gasteiger partial charge in [0.2, 0.25) is 0 Å². The first-order chi connectivity index (χ1) is 4.13. The Morgan fingerprint density at radius 1 is 1.56 bits per heavy atom. The molecule has 0 saturated heterocycles. The monoisotopic (exact) mass is 146 g/mol. The van der Waals surface area contributed by atoms with E-state index in [-0.39, 0.29) is 5.25 Å². The van der Waals surface area contributed by atoms with E-state index < -0.39 is 5.60 Å². The van der Waals surface area contributed by atoms with E-state index in [0.717, 1.165) is 19.3 Å². The van der Waals surface area contributed by atoms with Crippen molar-refractivity contribution in [3.05, 3.63) is 0 Å². The maximum absolute atomic E-state index is 9.57. The van der Waals surface area contributed by atoms with Gasteiger partial charge in [-0.1, -0.05) is 12.8 Å². The van der Waals surface area contributed by atoms with Crippen LogP contribution in [-0.2, 0) is 0 Å². The standard InChI is InChI=1S/C7H14OS/c1-7(8)5-3-2-4-6(7)9/h6,8-9H,2-5H2,1H3/t6-,7-/m0/s1. The summed E-state index contributed by atoms with van der Waals surface area (Å²) in [5.74, 6) is 0. The molecular weight excluding hydrogens is 132 g/mol. The molecule has 0 amide bonds. The Bertz CT molecular complexity index is 101. The molecule has 1 saturated carbocycles. The smallest absolute Gasteiger partial charge is 0.0735 e. The van der Waals surface area contributed by atoms with Gasteiger partial charge >= 0.3 is 0 Å². The maximum atomic E-state index is 9.57. The largest absolute Gasteiger partial charge is 0.389 e. The van der Waals surface area contributed by atoms with Crippen LogP contribution in [0.15, 0.2) is 0 Å². The van der Waals surface area contributed by atoms with E-state index in [1.807, 2.05) is 6.92 Å². The summed E-state index contributed by atoms with van der Waals surface area (Å²) < 4.78 is 0. The quantitative estimate of drug-likeness (QED) is 0.497. The van der Waals surface area contributed by atoms with E-state index in [4.69, 9.17) is 0 Å². The van der Waals surface area contributed by atoms with Gasteiger partial charge in [0.05, 0.1) is 5.60 Å². The summed E-state index contributed by atoms with van der Waals surface area (Å²) in [6.45, 7) is 1.88. The van der Waals surface area contributed by atoms with Crippen molar-refractivity contribution < 1.29 is 5.11 Å². The first-order valence-electron chi connectivity index (χ1n) is 3.53. The van der Waals surface area contributed by atoms with E-state index in [2.05, 4.69) is 12.6 Å². The Balaban J connectivity index is 2.49. The molecule has 1 N–H and O–H groups in total. The molecule has 1 aliphatic rings. The van der Waals surface area contributed by atoms with Crippen molar-refractivity contribution in [3.8, 4) is 0 Å². The SMILES string of the molecule is C[C@]1(O)CCCC[C@@H]1S. The molecule has 0 aliphatic heterocycles. The van der Waals surface area contributed by atoms with Crippen LogP contribution in [0, 0.1) is 0 Å². The highest BCUT2D eigenvalue weighted by Gasteiger charge is 2.31. The molecule has 0 spiro atoms. The van der Waals surface area contributed by atoms with Crippen molar-refractivity contribution in [2.24, 2.45) is 0 Å². The Kier molecular flexibility index (Phi) is 2.07. The molecule has 54 valence electrons. The van der Waals surface area contributed by atoms with E-state index in [0.29, 0.717) is 0 Å². The molecule has 1 fully saturated rings. The van der Waals surface area contributed by atoms with Gasteiger partial charge in [-0.15, -0.1) is 0 Å². The topological polar surface area (TPSA) is 20.2 Å². The van der Waals surface area contributed by atoms with E-state index in [1.165, 1.54) is 6.42 Å². The predicted molar refractivity (Wildman–Crippen MR) is 41.9 cm³/mol. The number of hydrogen-bond acceptors (Lipinski definition) is 2. The van der Waals surface area contributed by atoms with Gasteiger partial charge in [0.1, 0.15) is 0 Å². The highest BCUT2D eigenvalue weighted by atomic mass is 32.1. The van der Waals surface area contributed by atoms with Crippen LogP contribution >= 0.6 is 12.6 Å². The molecule has 0 bridgehead atoms. The molecule has 2 heteroatoms. The van der Waals surface area contributed by atoms with Gasteiger partial charge in [0.15, 0.2) is 0 Å². The molecular formula is C7H14OS. The lowest BCUT2D eigenvalue weighted by Crippen LogP contribution is -2.38. The number of thiol groups is 1. The van der Waals surface area contributed by atoms with Crippen LogP contribution < -0.4 is 0 Å². The highest BCUT2D eigenvalue weighted by Crippen LogP contribution is 2.31. The van der Waals surface area contributed by atoms with Gasteiger partial charge in [-0.2, -0.15) is 12.6 Å². The van der Waals surface area contributed by atoms with Crippen LogP contribution in [0.1, 0.15) is 32.6 Å². The summed E-state index contributed by atoms with van der Waals surface area (Å²) in [4.78, 5) is 0. The Morgan fingerprint density at radius 2 is 2.22 bits per heavy atom. The summed E-state index contributed by atoms with van der Waals surface area (Å²) in [5.41, 5.74) is -0.499. The molecule has 0 radical (unpaired) electrons. The number of rotatable bonds is 0. The molecule has 9 heavy (non-hydrogen) atoms. The average molecular weight is 146 g/mol. The van der Waals surface area contributed by atoms with Crippen molar-refractivity contribution in [2.75, 3.05) is 0 Å². The third kappa shape index (κ3) is 1.62. The van der Waals surface area contributed by atoms with Crippen molar-refractivity contribution >= 4 is 12.6 Å². The summed E-state index contributed by atoms with van der Waals surface area (Å²) in [7, 11) is 0. The molecule has 0 aromatic carbocycles. The zero-order chi connectivity index (χ0) is 6.91. The number of hydrogen-bond donors (Lipinski definition) is 2. The maximum Gasteiger partial charge on any atom is 0.0735 e. The molecule has 0 aromatic rings. The molecule has 0 heterocycles. The Labute approximate surface area is 61.9 Å². The van der Waals surface area contributed by atoms with Crippen molar-refractivity contribution in [1.82, 2.24) is 0 Å². The lowest BCUT2D eigenvalue weighted by Gasteiger charge is -2.33. The molecule has 0 unspecified atom stereocenters. The van der Waals surface area contributed by atoms with E-state index in [1.54, 1.807) is 0 Å². The van der Waals surface area contributed by atoms with E-state index in [9.17, 15) is 5.11 Å². The minimum Gasteiger partial charge on any atom is -0.389 e. The minimum absolute atomic E-state index is 0.200. The highest BCUT2D eigenvalue weighted by molar-refractivity contribution is 7.81. The number of aliphatic hydroxyl groups is 1. The van der Waals surface area contributed by atoms with Crippen LogP contribution in [0.2, 0.25) is 0 Å². The Hall–Kier alpha value is 0.310. The van der Waals surface area contributed by atoms with Crippen molar-refractivity contribution in [3.63, 3.8) is 0 Å². The van der Waals surface area contributed by atoms with Gasteiger partial charge in [-0.3, -0.25) is 0 Å². The fourth-order valence-corrected chi connectivity index (χ4v) is 1.61. The van der Waals surface area contributed by atoms with Gasteiger partial charge in [-0.05, 0) is 19.8 Å². The van der Waals surface area contributed by atoms with Crippen LogP contribution in [0.3, 0.4) is 0 Å². The second kappa shape index (κ2) is 2.51. The van der Waals surface area contributed by atoms with Crippen LogP contribution in [0.25, 0.3) is 0 Å². The summed E-state index contributed by atoms with van der Waals surface area (Å²) in [6.07, 6.45) is 4.37. The third-order valence-corrected chi connectivity index (χ3v) is 2.94.